The standard InChI is InChI=1S/C16H15BO5.3C14H15BO5.C12H14BFO5.C10H10BFO5.C9H12BO5P/c18-16(19)14-13(21-10-11-4-2-1-3-5-11)7-6-12-8-9-17(20)22-15(12)14;3*1-2-3-4-9-19-11-6-5-10-7-8-15(18)20-13(10)12(11)14(16)17;1-7(14)6-18-9-3-2-8-4-5-13(17)19-11(8)10(9)12(15)16;1-16-9-6(12)4-5-2-3-11(15)17-8(5)7(9)10(13)14;1-6-2-3-7-4-5-10(11)15-8(7)9(6)16(12,13)14/h1-7,20H,8-10H2,(H,18,19);3*5-6,18H,2,7-9H2,1H3,(H,16,17);2-3,7,17H,4-6H2,1H3,(H,15,16);4,15H,2-3H2,1H3,(H,13,14);2-3,11H,4-5H2,1H3,(H2,12,13,14). The average Bonchev–Trinajstić information content (AvgIpc) is 0.766. The minimum Gasteiger partial charge on any atom is -0.535 e. The fourth-order valence-electron chi connectivity index (χ4n) is 14.2. The molecule has 0 spiro atoms. The number of fused-ring (bicyclic) bond motifs is 7. The van der Waals surface area contributed by atoms with Crippen LogP contribution in [0.25, 0.3) is 0 Å². The second kappa shape index (κ2) is 50.1. The van der Waals surface area contributed by atoms with Gasteiger partial charge in [-0.15, -0.1) is 17.8 Å². The number of carboxylic acids is 6. The van der Waals surface area contributed by atoms with Crippen LogP contribution in [-0.4, -0.2) is 201 Å². The molecule has 0 saturated heterocycles. The number of hydrogen-bond donors (Lipinski definition) is 15. The van der Waals surface area contributed by atoms with Crippen LogP contribution in [0.5, 0.6) is 74.7 Å². The summed E-state index contributed by atoms with van der Waals surface area (Å²) in [5.74, 6) is 10.5. The highest BCUT2D eigenvalue weighted by Crippen LogP contribution is 2.46. The summed E-state index contributed by atoms with van der Waals surface area (Å²) in [5, 5.41) is 122. The number of benzene rings is 8. The highest BCUT2D eigenvalue weighted by Gasteiger charge is 2.39. The molecule has 134 heavy (non-hydrogen) atoms. The highest BCUT2D eigenvalue weighted by atomic mass is 31.2. The first kappa shape index (κ1) is 105. The third kappa shape index (κ3) is 28.7. The number of carbonyl (C=O) groups is 6. The van der Waals surface area contributed by atoms with Crippen molar-refractivity contribution in [2.45, 2.75) is 156 Å². The first-order valence-electron chi connectivity index (χ1n) is 42.4. The predicted octanol–water partition coefficient (Wildman–Crippen LogP) is 9.85. The lowest BCUT2D eigenvalue weighted by Gasteiger charge is -2.24. The maximum Gasteiger partial charge on any atom is 0.522 e. The number of hydrogen-bond acceptors (Lipinski definition) is 27. The van der Waals surface area contributed by atoms with Crippen LogP contribution in [0.3, 0.4) is 0 Å². The topological polar surface area (TPSA) is 543 Å². The summed E-state index contributed by atoms with van der Waals surface area (Å²) in [6.07, 6.45) is 7.66. The van der Waals surface area contributed by atoms with Gasteiger partial charge in [0, 0.05) is 19.3 Å². The van der Waals surface area contributed by atoms with Gasteiger partial charge in [0.15, 0.2) is 11.6 Å². The van der Waals surface area contributed by atoms with E-state index >= 15 is 0 Å². The molecule has 7 heterocycles. The average molecular weight is 1870 g/mol. The number of rotatable bonds is 20. The van der Waals surface area contributed by atoms with Gasteiger partial charge >= 0.3 is 93.2 Å². The number of aromatic carboxylic acids is 6. The Morgan fingerprint density at radius 3 is 0.940 bits per heavy atom. The van der Waals surface area contributed by atoms with Crippen molar-refractivity contribution in [3.8, 4) is 110 Å². The fraction of sp³-hybridized carbons (Fsp3) is 0.326. The van der Waals surface area contributed by atoms with Gasteiger partial charge in [0.1, 0.15) is 147 Å². The van der Waals surface area contributed by atoms with E-state index < -0.39 is 105 Å². The summed E-state index contributed by atoms with van der Waals surface area (Å²) in [4.78, 5) is 86.7. The van der Waals surface area contributed by atoms with Crippen molar-refractivity contribution in [2.75, 3.05) is 33.5 Å². The van der Waals surface area contributed by atoms with Crippen LogP contribution in [0.2, 0.25) is 44.2 Å². The van der Waals surface area contributed by atoms with E-state index in [1.807, 2.05) is 51.1 Å². The Kier molecular flexibility index (Phi) is 39.1. The SMILES string of the molecule is CC(F)COc1ccc2c(c1C(=O)O)OB(O)CC2.CCC#CCOc1ccc2c(c1C(=O)O)OB(O)CC2.CCC#CCOc1ccc2c(c1C(=O)O)OB(O)CC2.CCC#CCOc1ccc2c(c1C(=O)O)OB(O)CC2.COc1c(F)cc2c(c1C(=O)O)OB(O)CC2.Cc1ccc2c(c1P(=O)(O)O)OB(O)CC2.O=C(O)c1c(OCc2ccccc2)ccc2c1OB(O)CC2. The lowest BCUT2D eigenvalue weighted by Crippen LogP contribution is -2.30. The summed E-state index contributed by atoms with van der Waals surface area (Å²) in [6.45, 7) is 9.08. The number of ether oxygens (including phenoxy) is 6. The van der Waals surface area contributed by atoms with Gasteiger partial charge in [-0.25, -0.2) is 37.5 Å². The van der Waals surface area contributed by atoms with Gasteiger partial charge in [0.2, 0.25) is 0 Å². The molecule has 15 N–H and O–H groups in total. The molecule has 0 radical (unpaired) electrons. The molecule has 1 unspecified atom stereocenters. The molecule has 35 nitrogen and oxygen atoms in total. The number of methoxy groups -OCH3 is 1. The molecule has 0 amide bonds. The van der Waals surface area contributed by atoms with Crippen LogP contribution in [0.1, 0.15) is 159 Å². The molecular formula is C89H96B7F2O35P. The van der Waals surface area contributed by atoms with Crippen LogP contribution in [0.4, 0.5) is 8.78 Å². The summed E-state index contributed by atoms with van der Waals surface area (Å²) < 4.78 is 106. The molecule has 45 heteroatoms. The Balaban J connectivity index is 0.000000176. The van der Waals surface area contributed by atoms with E-state index in [4.69, 9.17) is 66.1 Å². The molecule has 0 saturated carbocycles. The molecule has 8 aromatic rings. The van der Waals surface area contributed by atoms with E-state index in [2.05, 4.69) is 35.5 Å². The number of carboxylic acid groups (broad SMARTS) is 6. The van der Waals surface area contributed by atoms with Crippen LogP contribution in [-0.2, 0) is 56.1 Å². The molecule has 0 aromatic heterocycles. The van der Waals surface area contributed by atoms with Crippen molar-refractivity contribution in [3.63, 3.8) is 0 Å². The monoisotopic (exact) mass is 1870 g/mol. The van der Waals surface area contributed by atoms with Crippen LogP contribution in [0.15, 0.2) is 109 Å². The molecule has 0 bridgehead atoms. The fourth-order valence-corrected chi connectivity index (χ4v) is 15.2. The van der Waals surface area contributed by atoms with E-state index in [1.54, 1.807) is 73.7 Å². The van der Waals surface area contributed by atoms with Crippen LogP contribution < -0.4 is 66.3 Å². The van der Waals surface area contributed by atoms with Crippen molar-refractivity contribution in [3.05, 3.63) is 198 Å². The van der Waals surface area contributed by atoms with Gasteiger partial charge in [-0.1, -0.05) is 111 Å². The molecule has 8 aromatic carbocycles. The maximum absolute atomic E-state index is 13.6. The lowest BCUT2D eigenvalue weighted by atomic mass is 9.78. The first-order valence-corrected chi connectivity index (χ1v) is 44.0. The van der Waals surface area contributed by atoms with E-state index in [1.165, 1.54) is 26.2 Å². The van der Waals surface area contributed by atoms with Crippen molar-refractivity contribution >= 4 is 98.5 Å². The van der Waals surface area contributed by atoms with Crippen molar-refractivity contribution < 1.29 is 179 Å². The molecule has 702 valence electrons. The van der Waals surface area contributed by atoms with E-state index in [-0.39, 0.29) is 146 Å². The lowest BCUT2D eigenvalue weighted by molar-refractivity contribution is 0.0676. The Morgan fingerprint density at radius 2 is 0.657 bits per heavy atom. The molecule has 7 aliphatic heterocycles. The largest absolute Gasteiger partial charge is 0.535 e. The molecule has 15 rings (SSSR count). The second-order valence-corrected chi connectivity index (χ2v) is 31.7. The number of halogens is 2. The zero-order valence-electron chi connectivity index (χ0n) is 73.6. The van der Waals surface area contributed by atoms with Crippen molar-refractivity contribution in [1.82, 2.24) is 0 Å². The first-order chi connectivity index (χ1) is 64.0. The minimum atomic E-state index is -4.38. The maximum atomic E-state index is 13.6. The third-order valence-electron chi connectivity index (χ3n) is 20.4. The number of alkyl halides is 1. The van der Waals surface area contributed by atoms with Gasteiger partial charge in [-0.3, -0.25) is 4.57 Å². The molecule has 0 aliphatic carbocycles. The van der Waals surface area contributed by atoms with E-state index in [9.17, 15) is 113 Å². The Bertz CT molecular complexity index is 5550. The zero-order chi connectivity index (χ0) is 97.6. The highest BCUT2D eigenvalue weighted by molar-refractivity contribution is 7.60. The Morgan fingerprint density at radius 1 is 0.388 bits per heavy atom. The number of aryl methyl sites for hydroxylation is 8. The quantitative estimate of drug-likeness (QED) is 0.0192. The summed E-state index contributed by atoms with van der Waals surface area (Å²) >= 11 is 0. The Labute approximate surface area is 771 Å². The molecule has 1 atom stereocenters. The van der Waals surface area contributed by atoms with Gasteiger partial charge in [0.05, 0.1) is 7.11 Å². The van der Waals surface area contributed by atoms with E-state index in [0.717, 1.165) is 33.4 Å². The minimum absolute atomic E-state index is 0.0190. The zero-order valence-corrected chi connectivity index (χ0v) is 74.5. The third-order valence-corrected chi connectivity index (χ3v) is 21.5. The molecule has 7 aliphatic rings. The van der Waals surface area contributed by atoms with Gasteiger partial charge in [0.25, 0.3) is 0 Å². The van der Waals surface area contributed by atoms with Gasteiger partial charge in [-0.2, -0.15) is 0 Å². The van der Waals surface area contributed by atoms with Crippen LogP contribution in [0, 0.1) is 48.3 Å². The summed E-state index contributed by atoms with van der Waals surface area (Å²) in [6, 6.07) is 30.8. The summed E-state index contributed by atoms with van der Waals surface area (Å²) in [5.41, 5.74) is 5.57. The smallest absolute Gasteiger partial charge is 0.522 e. The van der Waals surface area contributed by atoms with E-state index in [0.29, 0.717) is 125 Å². The summed E-state index contributed by atoms with van der Waals surface area (Å²) in [7, 11) is -10.2. The second-order valence-electron chi connectivity index (χ2n) is 30.1. The van der Waals surface area contributed by atoms with Crippen LogP contribution >= 0.6 is 7.60 Å². The molecular weight excluding hydrogens is 1770 g/mol. The van der Waals surface area contributed by atoms with Crippen molar-refractivity contribution in [2.24, 2.45) is 0 Å². The normalized spacial score (nSPS) is 13.7. The van der Waals surface area contributed by atoms with Gasteiger partial charge in [-0.05, 0) is 190 Å². The predicted molar refractivity (Wildman–Crippen MR) is 487 cm³/mol. The molecule has 0 fully saturated rings. The van der Waals surface area contributed by atoms with Gasteiger partial charge < -0.3 is 137 Å². The Hall–Kier alpha value is -13.2. The van der Waals surface area contributed by atoms with Crippen molar-refractivity contribution in [1.29, 1.82) is 0 Å².